The SMILES string of the molecule is CCc1nc2sc3c(NCC[NH+]4CCOCC4)ncnc3c2c2c1CCCC2. The molecule has 3 aromatic rings. The van der Waals surface area contributed by atoms with Crippen LogP contribution in [0.4, 0.5) is 5.82 Å². The average Bonchev–Trinajstić information content (AvgIpc) is 3.13. The first-order chi connectivity index (χ1) is 13.8. The van der Waals surface area contributed by atoms with Crippen LogP contribution in [0.25, 0.3) is 20.4 Å². The van der Waals surface area contributed by atoms with Gasteiger partial charge in [0.2, 0.25) is 0 Å². The molecule has 1 saturated heterocycles. The minimum Gasteiger partial charge on any atom is -0.370 e. The summed E-state index contributed by atoms with van der Waals surface area (Å²) in [5.41, 5.74) is 5.36. The Labute approximate surface area is 169 Å². The van der Waals surface area contributed by atoms with Crippen molar-refractivity contribution in [2.24, 2.45) is 0 Å². The fourth-order valence-electron chi connectivity index (χ4n) is 4.62. The van der Waals surface area contributed by atoms with E-state index in [9.17, 15) is 0 Å². The molecule has 4 heterocycles. The third kappa shape index (κ3) is 3.25. The Morgan fingerprint density at radius 1 is 1.14 bits per heavy atom. The van der Waals surface area contributed by atoms with Gasteiger partial charge in [-0.2, -0.15) is 0 Å². The number of rotatable bonds is 5. The second kappa shape index (κ2) is 7.89. The van der Waals surface area contributed by atoms with E-state index in [1.54, 1.807) is 22.6 Å². The summed E-state index contributed by atoms with van der Waals surface area (Å²) in [4.78, 5) is 17.0. The number of nitrogens with one attached hydrogen (secondary N) is 2. The first kappa shape index (κ1) is 18.2. The van der Waals surface area contributed by atoms with Gasteiger partial charge in [0.1, 0.15) is 30.1 Å². The van der Waals surface area contributed by atoms with E-state index in [4.69, 9.17) is 9.72 Å². The highest BCUT2D eigenvalue weighted by Crippen LogP contribution is 2.40. The van der Waals surface area contributed by atoms with Gasteiger partial charge in [-0.05, 0) is 43.2 Å². The first-order valence-corrected chi connectivity index (χ1v) is 11.4. The number of quaternary nitrogens is 1. The number of hydrogen-bond donors (Lipinski definition) is 2. The minimum atomic E-state index is 0.875. The van der Waals surface area contributed by atoms with Crippen LogP contribution in [0.2, 0.25) is 0 Å². The molecule has 0 amide bonds. The molecular formula is C21H28N5OS+. The molecule has 1 aliphatic carbocycles. The van der Waals surface area contributed by atoms with Gasteiger partial charge in [-0.15, -0.1) is 11.3 Å². The second-order valence-corrected chi connectivity index (χ2v) is 8.80. The van der Waals surface area contributed by atoms with E-state index < -0.39 is 0 Å². The van der Waals surface area contributed by atoms with Crippen LogP contribution in [0.1, 0.15) is 36.6 Å². The summed E-state index contributed by atoms with van der Waals surface area (Å²) in [5, 5.41) is 4.86. The number of thiophene rings is 1. The Kier molecular flexibility index (Phi) is 5.13. The topological polar surface area (TPSA) is 64.4 Å². The van der Waals surface area contributed by atoms with Crippen molar-refractivity contribution < 1.29 is 9.64 Å². The normalized spacial score (nSPS) is 17.9. The van der Waals surface area contributed by atoms with Crippen LogP contribution in [-0.4, -0.2) is 54.3 Å². The molecule has 0 spiro atoms. The van der Waals surface area contributed by atoms with Crippen molar-refractivity contribution in [3.63, 3.8) is 0 Å². The highest BCUT2D eigenvalue weighted by Gasteiger charge is 2.22. The van der Waals surface area contributed by atoms with Crippen LogP contribution in [0, 0.1) is 0 Å². The Hall–Kier alpha value is -1.83. The number of nitrogens with zero attached hydrogens (tertiary/aromatic N) is 3. The second-order valence-electron chi connectivity index (χ2n) is 7.80. The molecule has 148 valence electrons. The number of aryl methyl sites for hydroxylation is 2. The number of morpholine rings is 1. The number of pyridine rings is 1. The van der Waals surface area contributed by atoms with Crippen molar-refractivity contribution in [2.45, 2.75) is 39.0 Å². The monoisotopic (exact) mass is 398 g/mol. The molecule has 0 atom stereocenters. The first-order valence-electron chi connectivity index (χ1n) is 10.6. The number of hydrogen-bond acceptors (Lipinski definition) is 6. The van der Waals surface area contributed by atoms with Crippen molar-refractivity contribution in [1.29, 1.82) is 0 Å². The smallest absolute Gasteiger partial charge is 0.147 e. The Bertz CT molecular complexity index is 996. The third-order valence-corrected chi connectivity index (χ3v) is 7.19. The summed E-state index contributed by atoms with van der Waals surface area (Å²) < 4.78 is 6.61. The maximum Gasteiger partial charge on any atom is 0.147 e. The summed E-state index contributed by atoms with van der Waals surface area (Å²) >= 11 is 1.75. The van der Waals surface area contributed by atoms with Crippen LogP contribution in [-0.2, 0) is 24.0 Å². The maximum atomic E-state index is 5.45. The molecule has 2 aliphatic rings. The van der Waals surface area contributed by atoms with Gasteiger partial charge in [0.05, 0.1) is 36.5 Å². The van der Waals surface area contributed by atoms with Gasteiger partial charge < -0.3 is 15.0 Å². The molecule has 2 N–H and O–H groups in total. The lowest BCUT2D eigenvalue weighted by atomic mass is 9.88. The maximum absolute atomic E-state index is 5.45. The zero-order chi connectivity index (χ0) is 18.9. The minimum absolute atomic E-state index is 0.875. The molecule has 1 fully saturated rings. The molecule has 5 rings (SSSR count). The number of anilines is 1. The van der Waals surface area contributed by atoms with Gasteiger partial charge in [0.25, 0.3) is 0 Å². The molecular weight excluding hydrogens is 370 g/mol. The molecule has 3 aromatic heterocycles. The quantitative estimate of drug-likeness (QED) is 0.688. The molecule has 0 aromatic carbocycles. The zero-order valence-electron chi connectivity index (χ0n) is 16.5. The van der Waals surface area contributed by atoms with E-state index in [0.29, 0.717) is 0 Å². The molecule has 1 aliphatic heterocycles. The van der Waals surface area contributed by atoms with E-state index in [-0.39, 0.29) is 0 Å². The highest BCUT2D eigenvalue weighted by atomic mass is 32.1. The van der Waals surface area contributed by atoms with Gasteiger partial charge >= 0.3 is 0 Å². The van der Waals surface area contributed by atoms with Crippen LogP contribution in [0.5, 0.6) is 0 Å². The van der Waals surface area contributed by atoms with Gasteiger partial charge in [-0.3, -0.25) is 0 Å². The standard InChI is InChI=1S/C21H27N5OS/c1-2-16-14-5-3-4-6-15(14)17-18-19(28-21(17)25-16)20(24-13-23-18)22-7-8-26-9-11-27-12-10-26/h13H,2-12H2,1H3,(H,22,23,24)/p+1. The van der Waals surface area contributed by atoms with Crippen LogP contribution >= 0.6 is 11.3 Å². The van der Waals surface area contributed by atoms with Crippen molar-refractivity contribution in [3.05, 3.63) is 23.1 Å². The van der Waals surface area contributed by atoms with Crippen molar-refractivity contribution in [3.8, 4) is 0 Å². The average molecular weight is 399 g/mol. The summed E-state index contributed by atoms with van der Waals surface area (Å²) in [6, 6.07) is 0. The van der Waals surface area contributed by atoms with E-state index >= 15 is 0 Å². The number of ether oxygens (including phenoxy) is 1. The molecule has 0 bridgehead atoms. The van der Waals surface area contributed by atoms with Gasteiger partial charge in [0, 0.05) is 11.1 Å². The van der Waals surface area contributed by atoms with Crippen molar-refractivity contribution >= 4 is 37.6 Å². The fourth-order valence-corrected chi connectivity index (χ4v) is 5.77. The van der Waals surface area contributed by atoms with Crippen LogP contribution in [0.15, 0.2) is 6.33 Å². The summed E-state index contributed by atoms with van der Waals surface area (Å²) in [6.07, 6.45) is 7.58. The summed E-state index contributed by atoms with van der Waals surface area (Å²) in [5.74, 6) is 0.961. The lowest BCUT2D eigenvalue weighted by Crippen LogP contribution is -3.14. The van der Waals surface area contributed by atoms with Crippen molar-refractivity contribution in [2.75, 3.05) is 44.7 Å². The zero-order valence-corrected chi connectivity index (χ0v) is 17.3. The number of fused-ring (bicyclic) bond motifs is 5. The summed E-state index contributed by atoms with van der Waals surface area (Å²) in [6.45, 7) is 8.17. The van der Waals surface area contributed by atoms with E-state index in [1.807, 2.05) is 0 Å². The number of aromatic nitrogens is 3. The fraction of sp³-hybridized carbons (Fsp3) is 0.571. The lowest BCUT2D eigenvalue weighted by molar-refractivity contribution is -0.906. The molecule has 6 nitrogen and oxygen atoms in total. The molecule has 0 radical (unpaired) electrons. The highest BCUT2D eigenvalue weighted by molar-refractivity contribution is 7.26. The van der Waals surface area contributed by atoms with E-state index in [2.05, 4.69) is 22.2 Å². The Balaban J connectivity index is 1.49. The molecule has 28 heavy (non-hydrogen) atoms. The lowest BCUT2D eigenvalue weighted by Gasteiger charge is -2.23. The summed E-state index contributed by atoms with van der Waals surface area (Å²) in [7, 11) is 0. The molecule has 7 heteroatoms. The van der Waals surface area contributed by atoms with E-state index in [1.165, 1.54) is 35.0 Å². The predicted octanol–water partition coefficient (Wildman–Crippen LogP) is 2.01. The third-order valence-electron chi connectivity index (χ3n) is 6.11. The van der Waals surface area contributed by atoms with E-state index in [0.717, 1.165) is 79.5 Å². The van der Waals surface area contributed by atoms with Crippen LogP contribution < -0.4 is 10.2 Å². The molecule has 0 saturated carbocycles. The largest absolute Gasteiger partial charge is 0.370 e. The van der Waals surface area contributed by atoms with Crippen LogP contribution in [0.3, 0.4) is 0 Å². The van der Waals surface area contributed by atoms with Crippen molar-refractivity contribution in [1.82, 2.24) is 15.0 Å². The van der Waals surface area contributed by atoms with Gasteiger partial charge in [-0.25, -0.2) is 15.0 Å². The predicted molar refractivity (Wildman–Crippen MR) is 114 cm³/mol. The van der Waals surface area contributed by atoms with Gasteiger partial charge in [0.15, 0.2) is 0 Å². The van der Waals surface area contributed by atoms with Gasteiger partial charge in [-0.1, -0.05) is 6.92 Å². The Morgan fingerprint density at radius 2 is 1.96 bits per heavy atom. The molecule has 0 unspecified atom stereocenters. The Morgan fingerprint density at radius 3 is 2.79 bits per heavy atom.